The highest BCUT2D eigenvalue weighted by Gasteiger charge is 2.13. The number of ether oxygens (including phenoxy) is 2. The summed E-state index contributed by atoms with van der Waals surface area (Å²) in [6.45, 7) is 0.119. The van der Waals surface area contributed by atoms with Crippen LogP contribution in [0.25, 0.3) is 6.08 Å². The summed E-state index contributed by atoms with van der Waals surface area (Å²) in [7, 11) is 1.51. The van der Waals surface area contributed by atoms with E-state index in [4.69, 9.17) is 43.2 Å². The van der Waals surface area contributed by atoms with Crippen LogP contribution >= 0.6 is 23.2 Å². The molecule has 0 radical (unpaired) electrons. The summed E-state index contributed by atoms with van der Waals surface area (Å²) in [5.41, 5.74) is 1.15. The minimum atomic E-state index is -0.0381. The molecular weight excluding hydrogens is 347 g/mol. The van der Waals surface area contributed by atoms with Crippen molar-refractivity contribution >= 4 is 29.3 Å². The molecule has 0 atom stereocenters. The Bertz CT molecular complexity index is 828. The van der Waals surface area contributed by atoms with Crippen LogP contribution < -0.4 is 9.47 Å². The molecule has 0 saturated heterocycles. The van der Waals surface area contributed by atoms with E-state index in [0.29, 0.717) is 32.7 Å². The summed E-state index contributed by atoms with van der Waals surface area (Å²) < 4.78 is 11.1. The number of allylic oxidation sites excluding steroid dienone is 1. The molecule has 0 amide bonds. The van der Waals surface area contributed by atoms with Gasteiger partial charge in [0.2, 0.25) is 0 Å². The Morgan fingerprint density at radius 3 is 2.29 bits per heavy atom. The Kier molecular flexibility index (Phi) is 6.09. The molecule has 0 heterocycles. The summed E-state index contributed by atoms with van der Waals surface area (Å²) in [5.74, 6) is 0.876. The topological polar surface area (TPSA) is 66.0 Å². The lowest BCUT2D eigenvalue weighted by Gasteiger charge is -2.14. The third kappa shape index (κ3) is 4.00. The Hall–Kier alpha value is -2.66. The van der Waals surface area contributed by atoms with Crippen LogP contribution in [0.15, 0.2) is 42.0 Å². The fourth-order valence-electron chi connectivity index (χ4n) is 2.02. The van der Waals surface area contributed by atoms with Crippen molar-refractivity contribution in [3.8, 4) is 23.6 Å². The molecule has 120 valence electrons. The van der Waals surface area contributed by atoms with Gasteiger partial charge in [0.1, 0.15) is 24.3 Å². The molecular formula is C18H12Cl2N2O2. The van der Waals surface area contributed by atoms with Crippen LogP contribution in [-0.4, -0.2) is 7.11 Å². The van der Waals surface area contributed by atoms with Gasteiger partial charge in [-0.05, 0) is 24.3 Å². The zero-order chi connectivity index (χ0) is 17.5. The predicted octanol–water partition coefficient (Wildman–Crippen LogP) is 5.01. The van der Waals surface area contributed by atoms with Gasteiger partial charge in [-0.1, -0.05) is 41.4 Å². The molecule has 0 bridgehead atoms. The molecule has 0 unspecified atom stereocenters. The van der Waals surface area contributed by atoms with E-state index in [1.807, 2.05) is 12.1 Å². The lowest BCUT2D eigenvalue weighted by atomic mass is 10.1. The minimum Gasteiger partial charge on any atom is -0.493 e. The van der Waals surface area contributed by atoms with Crippen molar-refractivity contribution in [2.24, 2.45) is 0 Å². The average Bonchev–Trinajstić information content (AvgIpc) is 2.59. The van der Waals surface area contributed by atoms with Gasteiger partial charge < -0.3 is 9.47 Å². The number of hydrogen-bond acceptors (Lipinski definition) is 4. The van der Waals surface area contributed by atoms with Crippen LogP contribution in [0.3, 0.4) is 0 Å². The number of halogens is 2. The van der Waals surface area contributed by atoms with E-state index in [2.05, 4.69) is 0 Å². The van der Waals surface area contributed by atoms with Crippen LogP contribution in [0.4, 0.5) is 0 Å². The van der Waals surface area contributed by atoms with Crippen LogP contribution in [0.5, 0.6) is 11.5 Å². The van der Waals surface area contributed by atoms with Crippen molar-refractivity contribution in [2.45, 2.75) is 6.61 Å². The maximum Gasteiger partial charge on any atom is 0.168 e. The molecule has 4 nitrogen and oxygen atoms in total. The van der Waals surface area contributed by atoms with Crippen LogP contribution in [-0.2, 0) is 6.61 Å². The van der Waals surface area contributed by atoms with Gasteiger partial charge in [0.05, 0.1) is 7.11 Å². The summed E-state index contributed by atoms with van der Waals surface area (Å²) in [6, 6.07) is 14.0. The molecule has 24 heavy (non-hydrogen) atoms. The second-order valence-electron chi connectivity index (χ2n) is 4.65. The molecule has 0 aliphatic carbocycles. The maximum absolute atomic E-state index is 8.94. The molecule has 2 aromatic carbocycles. The number of nitriles is 2. The highest BCUT2D eigenvalue weighted by Crippen LogP contribution is 2.34. The lowest BCUT2D eigenvalue weighted by Crippen LogP contribution is -2.01. The van der Waals surface area contributed by atoms with Crippen molar-refractivity contribution in [1.29, 1.82) is 10.5 Å². The molecule has 6 heteroatoms. The Balaban J connectivity index is 2.41. The fourth-order valence-corrected chi connectivity index (χ4v) is 2.53. The second kappa shape index (κ2) is 8.26. The molecule has 0 aromatic heterocycles. The highest BCUT2D eigenvalue weighted by atomic mass is 35.5. The van der Waals surface area contributed by atoms with Gasteiger partial charge in [0.15, 0.2) is 11.5 Å². The lowest BCUT2D eigenvalue weighted by molar-refractivity contribution is 0.284. The largest absolute Gasteiger partial charge is 0.493 e. The van der Waals surface area contributed by atoms with Crippen molar-refractivity contribution in [3.05, 3.63) is 63.1 Å². The fraction of sp³-hybridized carbons (Fsp3) is 0.111. The van der Waals surface area contributed by atoms with Crippen molar-refractivity contribution in [3.63, 3.8) is 0 Å². The number of rotatable bonds is 5. The van der Waals surface area contributed by atoms with Crippen molar-refractivity contribution < 1.29 is 9.47 Å². The molecule has 0 aliphatic heterocycles. The third-order valence-electron chi connectivity index (χ3n) is 3.19. The Labute approximate surface area is 150 Å². The zero-order valence-corrected chi connectivity index (χ0v) is 14.2. The van der Waals surface area contributed by atoms with E-state index in [1.165, 1.54) is 13.2 Å². The average molecular weight is 359 g/mol. The molecule has 2 aromatic rings. The standard InChI is InChI=1S/C18H12Cl2N2O2/c1-23-17-7-2-4-13(8-12(9-21)10-22)18(17)24-11-14-15(19)5-3-6-16(14)20/h2-8H,11H2,1H3. The van der Waals surface area contributed by atoms with Crippen molar-refractivity contribution in [2.75, 3.05) is 7.11 Å². The highest BCUT2D eigenvalue weighted by molar-refractivity contribution is 6.35. The molecule has 2 rings (SSSR count). The van der Waals surface area contributed by atoms with Gasteiger partial charge in [-0.3, -0.25) is 0 Å². The first-order valence-electron chi connectivity index (χ1n) is 6.85. The number of methoxy groups -OCH3 is 1. The van der Waals surface area contributed by atoms with Gasteiger partial charge in [-0.25, -0.2) is 0 Å². The number of para-hydroxylation sites is 1. The van der Waals surface area contributed by atoms with E-state index in [0.717, 1.165) is 0 Å². The third-order valence-corrected chi connectivity index (χ3v) is 3.90. The van der Waals surface area contributed by atoms with E-state index in [-0.39, 0.29) is 12.2 Å². The summed E-state index contributed by atoms with van der Waals surface area (Å²) >= 11 is 12.3. The maximum atomic E-state index is 8.94. The number of nitrogens with zero attached hydrogens (tertiary/aromatic N) is 2. The van der Waals surface area contributed by atoms with E-state index in [1.54, 1.807) is 36.4 Å². The van der Waals surface area contributed by atoms with E-state index < -0.39 is 0 Å². The molecule has 0 saturated carbocycles. The van der Waals surface area contributed by atoms with Crippen molar-refractivity contribution in [1.82, 2.24) is 0 Å². The molecule has 0 N–H and O–H groups in total. The molecule has 0 fully saturated rings. The van der Waals surface area contributed by atoms with Crippen LogP contribution in [0.1, 0.15) is 11.1 Å². The summed E-state index contributed by atoms with van der Waals surface area (Å²) in [5, 5.41) is 18.9. The van der Waals surface area contributed by atoms with Gasteiger partial charge in [-0.2, -0.15) is 10.5 Å². The van der Waals surface area contributed by atoms with Gasteiger partial charge >= 0.3 is 0 Å². The molecule has 0 spiro atoms. The van der Waals surface area contributed by atoms with E-state index in [9.17, 15) is 0 Å². The normalized spacial score (nSPS) is 9.54. The first-order chi connectivity index (χ1) is 11.6. The molecule has 0 aliphatic rings. The number of benzene rings is 2. The van der Waals surface area contributed by atoms with E-state index >= 15 is 0 Å². The monoisotopic (exact) mass is 358 g/mol. The first kappa shape index (κ1) is 17.7. The Morgan fingerprint density at radius 2 is 1.71 bits per heavy atom. The summed E-state index contributed by atoms with van der Waals surface area (Å²) in [4.78, 5) is 0. The second-order valence-corrected chi connectivity index (χ2v) is 5.46. The van der Waals surface area contributed by atoms with Crippen LogP contribution in [0, 0.1) is 22.7 Å². The first-order valence-corrected chi connectivity index (χ1v) is 7.61. The SMILES string of the molecule is COc1cccc(C=C(C#N)C#N)c1OCc1c(Cl)cccc1Cl. The quantitative estimate of drug-likeness (QED) is 0.704. The zero-order valence-electron chi connectivity index (χ0n) is 12.7. The van der Waals surface area contributed by atoms with Gasteiger partial charge in [-0.15, -0.1) is 0 Å². The minimum absolute atomic E-state index is 0.0381. The van der Waals surface area contributed by atoms with Crippen LogP contribution in [0.2, 0.25) is 10.0 Å². The smallest absolute Gasteiger partial charge is 0.168 e. The predicted molar refractivity (Wildman–Crippen MR) is 93.0 cm³/mol. The Morgan fingerprint density at radius 1 is 1.08 bits per heavy atom. The van der Waals surface area contributed by atoms with Gasteiger partial charge in [0.25, 0.3) is 0 Å². The number of hydrogen-bond donors (Lipinski definition) is 0. The summed E-state index contributed by atoms with van der Waals surface area (Å²) in [6.07, 6.45) is 1.44. The van der Waals surface area contributed by atoms with Gasteiger partial charge in [0, 0.05) is 21.2 Å².